The van der Waals surface area contributed by atoms with E-state index in [0.29, 0.717) is 11.3 Å². The maximum Gasteiger partial charge on any atom is 0.255 e. The maximum atomic E-state index is 12.2. The minimum Gasteiger partial charge on any atom is -0.398 e. The molecule has 2 N–H and O–H groups in total. The number of amides is 1. The summed E-state index contributed by atoms with van der Waals surface area (Å²) in [5.41, 5.74) is 8.29. The van der Waals surface area contributed by atoms with Crippen molar-refractivity contribution in [2.24, 2.45) is 0 Å². The van der Waals surface area contributed by atoms with Gasteiger partial charge in [-0.15, -0.1) is 0 Å². The number of aryl methyl sites for hydroxylation is 1. The summed E-state index contributed by atoms with van der Waals surface area (Å²) in [6.45, 7) is 1.56. The summed E-state index contributed by atoms with van der Waals surface area (Å²) >= 11 is 0. The topological polar surface area (TPSA) is 46.3 Å². The summed E-state index contributed by atoms with van der Waals surface area (Å²) in [5, 5.41) is 0. The van der Waals surface area contributed by atoms with Crippen LogP contribution in [0.1, 0.15) is 21.5 Å². The van der Waals surface area contributed by atoms with Gasteiger partial charge in [-0.2, -0.15) is 0 Å². The number of benzene rings is 1. The van der Waals surface area contributed by atoms with Crippen LogP contribution in [-0.2, 0) is 6.54 Å². The SMILES string of the molecule is Cc1cc2c(cc1N)C(=O)N(CC(F)F)C2. The van der Waals surface area contributed by atoms with Crippen molar-refractivity contribution in [1.82, 2.24) is 4.90 Å². The van der Waals surface area contributed by atoms with Crippen LogP contribution in [0.25, 0.3) is 0 Å². The molecule has 3 nitrogen and oxygen atoms in total. The summed E-state index contributed by atoms with van der Waals surface area (Å²) in [6, 6.07) is 3.35. The summed E-state index contributed by atoms with van der Waals surface area (Å²) < 4.78 is 24.4. The quantitative estimate of drug-likeness (QED) is 0.781. The van der Waals surface area contributed by atoms with Crippen LogP contribution in [-0.4, -0.2) is 23.8 Å². The molecule has 0 saturated heterocycles. The van der Waals surface area contributed by atoms with E-state index in [1.165, 1.54) is 0 Å². The van der Waals surface area contributed by atoms with E-state index in [0.717, 1.165) is 16.0 Å². The van der Waals surface area contributed by atoms with E-state index in [-0.39, 0.29) is 12.5 Å². The second-order valence-corrected chi connectivity index (χ2v) is 3.94. The molecule has 86 valence electrons. The van der Waals surface area contributed by atoms with E-state index in [1.807, 2.05) is 6.92 Å². The van der Waals surface area contributed by atoms with Crippen molar-refractivity contribution in [2.75, 3.05) is 12.3 Å². The van der Waals surface area contributed by atoms with Crippen LogP contribution in [0.5, 0.6) is 0 Å². The van der Waals surface area contributed by atoms with E-state index in [9.17, 15) is 13.6 Å². The van der Waals surface area contributed by atoms with Crippen LogP contribution in [0, 0.1) is 6.92 Å². The van der Waals surface area contributed by atoms with Crippen molar-refractivity contribution in [3.05, 3.63) is 28.8 Å². The minimum atomic E-state index is -2.50. The van der Waals surface area contributed by atoms with Crippen LogP contribution < -0.4 is 5.73 Å². The van der Waals surface area contributed by atoms with Crippen molar-refractivity contribution in [2.45, 2.75) is 19.9 Å². The van der Waals surface area contributed by atoms with E-state index < -0.39 is 13.0 Å². The van der Waals surface area contributed by atoms with Crippen molar-refractivity contribution in [3.63, 3.8) is 0 Å². The third-order valence-electron chi connectivity index (χ3n) is 2.73. The molecule has 1 aromatic rings. The Labute approximate surface area is 91.8 Å². The van der Waals surface area contributed by atoms with Gasteiger partial charge >= 0.3 is 0 Å². The minimum absolute atomic E-state index is 0.250. The molecule has 0 spiro atoms. The Balaban J connectivity index is 2.31. The van der Waals surface area contributed by atoms with Crippen molar-refractivity contribution < 1.29 is 13.6 Å². The fourth-order valence-electron chi connectivity index (χ4n) is 1.88. The average Bonchev–Trinajstić information content (AvgIpc) is 2.45. The first-order valence-electron chi connectivity index (χ1n) is 4.95. The first-order valence-corrected chi connectivity index (χ1v) is 4.95. The number of carbonyl (C=O) groups is 1. The lowest BCUT2D eigenvalue weighted by Gasteiger charge is -2.13. The molecule has 1 aliphatic heterocycles. The molecule has 0 aliphatic carbocycles. The van der Waals surface area contributed by atoms with Gasteiger partial charge in [0.15, 0.2) is 0 Å². The summed E-state index contributed by atoms with van der Waals surface area (Å²) in [6.07, 6.45) is -2.50. The van der Waals surface area contributed by atoms with Gasteiger partial charge in [0.05, 0.1) is 6.54 Å². The van der Waals surface area contributed by atoms with Gasteiger partial charge in [-0.25, -0.2) is 8.78 Å². The number of alkyl halides is 2. The Kier molecular flexibility index (Phi) is 2.53. The molecule has 1 aromatic carbocycles. The highest BCUT2D eigenvalue weighted by Crippen LogP contribution is 2.27. The molecule has 2 rings (SSSR count). The normalized spacial score (nSPS) is 14.8. The van der Waals surface area contributed by atoms with Crippen LogP contribution in [0.4, 0.5) is 14.5 Å². The standard InChI is InChI=1S/C11H12F2N2O/c1-6-2-7-4-15(5-10(12)13)11(16)8(7)3-9(6)14/h2-3,10H,4-5,14H2,1H3. The number of rotatable bonds is 2. The first kappa shape index (κ1) is 10.9. The highest BCUT2D eigenvalue weighted by atomic mass is 19.3. The van der Waals surface area contributed by atoms with Crippen LogP contribution in [0.2, 0.25) is 0 Å². The molecule has 0 bridgehead atoms. The zero-order chi connectivity index (χ0) is 11.9. The number of fused-ring (bicyclic) bond motifs is 1. The Hall–Kier alpha value is -1.65. The maximum absolute atomic E-state index is 12.2. The average molecular weight is 226 g/mol. The number of hydrogen-bond acceptors (Lipinski definition) is 2. The molecule has 5 heteroatoms. The molecule has 0 fully saturated rings. The number of nitrogen functional groups attached to an aromatic ring is 1. The molecule has 1 aliphatic rings. The summed E-state index contributed by atoms with van der Waals surface area (Å²) in [5.74, 6) is -0.359. The van der Waals surface area contributed by atoms with Gasteiger partial charge in [0.25, 0.3) is 12.3 Å². The molecule has 0 radical (unpaired) electrons. The van der Waals surface area contributed by atoms with Gasteiger partial charge in [-0.05, 0) is 24.1 Å². The Morgan fingerprint density at radius 3 is 2.81 bits per heavy atom. The number of anilines is 1. The number of carbonyl (C=O) groups excluding carboxylic acids is 1. The van der Waals surface area contributed by atoms with Gasteiger partial charge in [0.1, 0.15) is 0 Å². The largest absolute Gasteiger partial charge is 0.398 e. The zero-order valence-electron chi connectivity index (χ0n) is 8.84. The van der Waals surface area contributed by atoms with Gasteiger partial charge in [-0.3, -0.25) is 4.79 Å². The highest BCUT2D eigenvalue weighted by Gasteiger charge is 2.29. The predicted molar refractivity (Wildman–Crippen MR) is 56.3 cm³/mol. The van der Waals surface area contributed by atoms with Gasteiger partial charge in [-0.1, -0.05) is 6.07 Å². The third kappa shape index (κ3) is 1.73. The van der Waals surface area contributed by atoms with Gasteiger partial charge in [0.2, 0.25) is 0 Å². The molecule has 1 amide bonds. The monoisotopic (exact) mass is 226 g/mol. The fraction of sp³-hybridized carbons (Fsp3) is 0.364. The highest BCUT2D eigenvalue weighted by molar-refractivity contribution is 5.99. The van der Waals surface area contributed by atoms with Crippen molar-refractivity contribution in [3.8, 4) is 0 Å². The zero-order valence-corrected chi connectivity index (χ0v) is 8.84. The smallest absolute Gasteiger partial charge is 0.255 e. The van der Waals surface area contributed by atoms with E-state index in [1.54, 1.807) is 12.1 Å². The molecule has 0 atom stereocenters. The van der Waals surface area contributed by atoms with Crippen LogP contribution in [0.15, 0.2) is 12.1 Å². The second kappa shape index (κ2) is 3.73. The second-order valence-electron chi connectivity index (χ2n) is 3.94. The lowest BCUT2D eigenvalue weighted by Crippen LogP contribution is -2.29. The molecule has 1 heterocycles. The number of hydrogen-bond donors (Lipinski definition) is 1. The number of nitrogens with zero attached hydrogens (tertiary/aromatic N) is 1. The molecule has 16 heavy (non-hydrogen) atoms. The predicted octanol–water partition coefficient (Wildman–Crippen LogP) is 1.80. The summed E-state index contributed by atoms with van der Waals surface area (Å²) in [7, 11) is 0. The Morgan fingerprint density at radius 1 is 1.50 bits per heavy atom. The van der Waals surface area contributed by atoms with E-state index >= 15 is 0 Å². The number of nitrogens with two attached hydrogens (primary N) is 1. The molecule has 0 saturated carbocycles. The van der Waals surface area contributed by atoms with Crippen molar-refractivity contribution >= 4 is 11.6 Å². The first-order chi connectivity index (χ1) is 7.49. The summed E-state index contributed by atoms with van der Waals surface area (Å²) in [4.78, 5) is 12.9. The third-order valence-corrected chi connectivity index (χ3v) is 2.73. The van der Waals surface area contributed by atoms with Crippen LogP contribution in [0.3, 0.4) is 0 Å². The van der Waals surface area contributed by atoms with Gasteiger partial charge in [0, 0.05) is 17.8 Å². The Morgan fingerprint density at radius 2 is 2.19 bits per heavy atom. The number of halogens is 2. The molecule has 0 aromatic heterocycles. The van der Waals surface area contributed by atoms with Crippen LogP contribution >= 0.6 is 0 Å². The lowest BCUT2D eigenvalue weighted by molar-refractivity contribution is 0.0577. The van der Waals surface area contributed by atoms with E-state index in [2.05, 4.69) is 0 Å². The Bertz CT molecular complexity index is 446. The lowest BCUT2D eigenvalue weighted by atomic mass is 10.1. The molecule has 0 unspecified atom stereocenters. The van der Waals surface area contributed by atoms with Crippen molar-refractivity contribution in [1.29, 1.82) is 0 Å². The van der Waals surface area contributed by atoms with Gasteiger partial charge < -0.3 is 10.6 Å². The fourth-order valence-corrected chi connectivity index (χ4v) is 1.88. The molecular weight excluding hydrogens is 214 g/mol. The molecular formula is C11H12F2N2O. The van der Waals surface area contributed by atoms with E-state index in [4.69, 9.17) is 5.73 Å².